The largest absolute Gasteiger partial charge is 0.368 e. The summed E-state index contributed by atoms with van der Waals surface area (Å²) in [6.07, 6.45) is 1.95. The first kappa shape index (κ1) is 13.4. The Labute approximate surface area is 124 Å². The van der Waals surface area contributed by atoms with Gasteiger partial charge in [0.25, 0.3) is 0 Å². The Kier molecular flexibility index (Phi) is 3.61. The first-order chi connectivity index (χ1) is 9.63. The molecule has 1 aromatic carbocycles. The first-order valence-corrected chi connectivity index (χ1v) is 7.47. The van der Waals surface area contributed by atoms with Crippen LogP contribution in [0.2, 0.25) is 0 Å². The lowest BCUT2D eigenvalue weighted by atomic mass is 10.0. The zero-order valence-corrected chi connectivity index (χ0v) is 12.5. The van der Waals surface area contributed by atoms with Crippen molar-refractivity contribution < 1.29 is 4.79 Å². The summed E-state index contributed by atoms with van der Waals surface area (Å²) < 4.78 is 0. The minimum atomic E-state index is 0.174. The molecule has 0 spiro atoms. The molecule has 2 heterocycles. The van der Waals surface area contributed by atoms with Gasteiger partial charge in [-0.05, 0) is 30.2 Å². The van der Waals surface area contributed by atoms with Gasteiger partial charge < -0.3 is 15.1 Å². The van der Waals surface area contributed by atoms with Crippen molar-refractivity contribution in [1.29, 1.82) is 0 Å². The van der Waals surface area contributed by atoms with E-state index in [2.05, 4.69) is 28.4 Å². The molecule has 0 unspecified atom stereocenters. The van der Waals surface area contributed by atoms with Crippen LogP contribution < -0.4 is 10.2 Å². The van der Waals surface area contributed by atoms with Crippen LogP contribution in [0, 0.1) is 0 Å². The number of nitrogens with one attached hydrogen (secondary N) is 1. The summed E-state index contributed by atoms with van der Waals surface area (Å²) in [7, 11) is 0. The number of rotatable bonds is 1. The maximum Gasteiger partial charge on any atom is 0.219 e. The number of nitrogens with zero attached hydrogens (tertiary/aromatic N) is 2. The van der Waals surface area contributed by atoms with Gasteiger partial charge >= 0.3 is 0 Å². The second-order valence-corrected chi connectivity index (χ2v) is 5.88. The highest BCUT2D eigenvalue weighted by molar-refractivity contribution is 7.80. The number of anilines is 2. The predicted molar refractivity (Wildman–Crippen MR) is 85.5 cm³/mol. The molecular weight excluding hydrogens is 270 g/mol. The Balaban J connectivity index is 1.73. The molecule has 1 N–H and O–H groups in total. The third-order valence-electron chi connectivity index (χ3n) is 4.07. The Morgan fingerprint density at radius 3 is 2.65 bits per heavy atom. The zero-order chi connectivity index (χ0) is 14.1. The summed E-state index contributed by atoms with van der Waals surface area (Å²) in [5.41, 5.74) is 3.74. The number of piperazine rings is 1. The highest BCUT2D eigenvalue weighted by Gasteiger charge is 2.20. The first-order valence-electron chi connectivity index (χ1n) is 7.07. The minimum absolute atomic E-state index is 0.174. The maximum absolute atomic E-state index is 11.4. The number of hydrogen-bond acceptors (Lipinski definition) is 3. The topological polar surface area (TPSA) is 35.6 Å². The number of carbonyl (C=O) groups excluding carboxylic acids is 1. The van der Waals surface area contributed by atoms with Crippen molar-refractivity contribution in [2.75, 3.05) is 36.4 Å². The van der Waals surface area contributed by atoms with Crippen LogP contribution in [0.5, 0.6) is 0 Å². The van der Waals surface area contributed by atoms with Gasteiger partial charge in [0.2, 0.25) is 5.91 Å². The van der Waals surface area contributed by atoms with Crippen molar-refractivity contribution in [2.45, 2.75) is 19.8 Å². The molecule has 20 heavy (non-hydrogen) atoms. The molecule has 2 aliphatic rings. The van der Waals surface area contributed by atoms with Crippen molar-refractivity contribution in [2.24, 2.45) is 0 Å². The van der Waals surface area contributed by atoms with Gasteiger partial charge in [-0.25, -0.2) is 0 Å². The molecule has 3 rings (SSSR count). The SMILES string of the molecule is CC(=O)N1CCN(c2ccc3c(c2)CCC(=S)N3)CC1. The fourth-order valence-electron chi connectivity index (χ4n) is 2.85. The summed E-state index contributed by atoms with van der Waals surface area (Å²) >= 11 is 5.22. The van der Waals surface area contributed by atoms with Crippen molar-refractivity contribution in [3.63, 3.8) is 0 Å². The Morgan fingerprint density at radius 1 is 1.20 bits per heavy atom. The number of benzene rings is 1. The fourth-order valence-corrected chi connectivity index (χ4v) is 3.06. The van der Waals surface area contributed by atoms with E-state index in [0.717, 1.165) is 49.7 Å². The molecule has 0 aliphatic carbocycles. The van der Waals surface area contributed by atoms with Gasteiger partial charge in [-0.15, -0.1) is 0 Å². The zero-order valence-electron chi connectivity index (χ0n) is 11.7. The standard InChI is InChI=1S/C15H19N3OS/c1-11(19)17-6-8-18(9-7-17)13-3-4-14-12(10-13)2-5-15(20)16-14/h3-4,10H,2,5-9H2,1H3,(H,16,20). The van der Waals surface area contributed by atoms with Gasteiger partial charge in [-0.2, -0.15) is 0 Å². The quantitative estimate of drug-likeness (QED) is 0.803. The van der Waals surface area contributed by atoms with E-state index in [1.165, 1.54) is 11.3 Å². The van der Waals surface area contributed by atoms with E-state index in [0.29, 0.717) is 0 Å². The second-order valence-electron chi connectivity index (χ2n) is 5.38. The van der Waals surface area contributed by atoms with Gasteiger partial charge in [0.15, 0.2) is 0 Å². The Hall–Kier alpha value is -1.62. The number of thiocarbonyl (C=S) groups is 1. The van der Waals surface area contributed by atoms with E-state index in [4.69, 9.17) is 12.2 Å². The molecule has 1 amide bonds. The summed E-state index contributed by atoms with van der Waals surface area (Å²) in [5, 5.41) is 3.27. The lowest BCUT2D eigenvalue weighted by Gasteiger charge is -2.36. The van der Waals surface area contributed by atoms with Crippen molar-refractivity contribution in [1.82, 2.24) is 4.90 Å². The molecule has 1 saturated heterocycles. The summed E-state index contributed by atoms with van der Waals surface area (Å²) in [4.78, 5) is 16.5. The number of hydrogen-bond donors (Lipinski definition) is 1. The number of amides is 1. The van der Waals surface area contributed by atoms with Crippen LogP contribution in [-0.4, -0.2) is 42.0 Å². The summed E-state index contributed by atoms with van der Waals surface area (Å²) in [6.45, 7) is 5.08. The second kappa shape index (κ2) is 5.40. The van der Waals surface area contributed by atoms with Crippen molar-refractivity contribution in [3.8, 4) is 0 Å². The minimum Gasteiger partial charge on any atom is -0.368 e. The highest BCUT2D eigenvalue weighted by Crippen LogP contribution is 2.28. The predicted octanol–water partition coefficient (Wildman–Crippen LogP) is 2.04. The van der Waals surface area contributed by atoms with Gasteiger partial charge in [0.05, 0.1) is 4.99 Å². The molecule has 1 aromatic rings. The van der Waals surface area contributed by atoms with E-state index in [9.17, 15) is 4.79 Å². The average molecular weight is 289 g/mol. The van der Waals surface area contributed by atoms with E-state index >= 15 is 0 Å². The van der Waals surface area contributed by atoms with Crippen LogP contribution in [0.15, 0.2) is 18.2 Å². The van der Waals surface area contributed by atoms with Crippen LogP contribution in [0.3, 0.4) is 0 Å². The molecule has 1 fully saturated rings. The number of fused-ring (bicyclic) bond motifs is 1. The van der Waals surface area contributed by atoms with E-state index in [1.807, 2.05) is 4.90 Å². The average Bonchev–Trinajstić information content (AvgIpc) is 2.47. The van der Waals surface area contributed by atoms with Crippen LogP contribution in [0.4, 0.5) is 11.4 Å². The lowest BCUT2D eigenvalue weighted by Crippen LogP contribution is -2.48. The van der Waals surface area contributed by atoms with Crippen LogP contribution in [0.25, 0.3) is 0 Å². The molecule has 0 radical (unpaired) electrons. The van der Waals surface area contributed by atoms with Crippen molar-refractivity contribution in [3.05, 3.63) is 23.8 Å². The van der Waals surface area contributed by atoms with Crippen LogP contribution in [0.1, 0.15) is 18.9 Å². The molecule has 4 nitrogen and oxygen atoms in total. The van der Waals surface area contributed by atoms with Crippen LogP contribution in [-0.2, 0) is 11.2 Å². The summed E-state index contributed by atoms with van der Waals surface area (Å²) in [5.74, 6) is 0.174. The monoisotopic (exact) mass is 289 g/mol. The van der Waals surface area contributed by atoms with E-state index in [-0.39, 0.29) is 5.91 Å². The Morgan fingerprint density at radius 2 is 1.95 bits per heavy atom. The van der Waals surface area contributed by atoms with Crippen LogP contribution >= 0.6 is 12.2 Å². The van der Waals surface area contributed by atoms with Crippen molar-refractivity contribution >= 4 is 34.5 Å². The molecule has 106 valence electrons. The molecule has 0 saturated carbocycles. The molecular formula is C15H19N3OS. The normalized spacial score (nSPS) is 18.6. The molecule has 0 atom stereocenters. The fraction of sp³-hybridized carbons (Fsp3) is 0.467. The van der Waals surface area contributed by atoms with Gasteiger partial charge in [-0.3, -0.25) is 4.79 Å². The van der Waals surface area contributed by atoms with Gasteiger partial charge in [0.1, 0.15) is 0 Å². The highest BCUT2D eigenvalue weighted by atomic mass is 32.1. The third-order valence-corrected chi connectivity index (χ3v) is 4.38. The molecule has 0 aromatic heterocycles. The molecule has 0 bridgehead atoms. The summed E-state index contributed by atoms with van der Waals surface area (Å²) in [6, 6.07) is 6.52. The Bertz CT molecular complexity index is 550. The third kappa shape index (κ3) is 2.63. The lowest BCUT2D eigenvalue weighted by molar-refractivity contribution is -0.129. The van der Waals surface area contributed by atoms with Gasteiger partial charge in [0, 0.05) is 50.9 Å². The van der Waals surface area contributed by atoms with Gasteiger partial charge in [-0.1, -0.05) is 12.2 Å². The van der Waals surface area contributed by atoms with E-state index in [1.54, 1.807) is 6.92 Å². The van der Waals surface area contributed by atoms with E-state index < -0.39 is 0 Å². The number of aryl methyl sites for hydroxylation is 1. The number of carbonyl (C=O) groups is 1. The molecule has 5 heteroatoms. The molecule has 2 aliphatic heterocycles. The smallest absolute Gasteiger partial charge is 0.219 e. The maximum atomic E-state index is 11.4.